The molecular weight excluding hydrogens is 410 g/mol. The summed E-state index contributed by atoms with van der Waals surface area (Å²) in [6.45, 7) is -0.161. The van der Waals surface area contributed by atoms with Crippen molar-refractivity contribution in [3.05, 3.63) is 54.1 Å². The third kappa shape index (κ3) is 6.47. The van der Waals surface area contributed by atoms with Gasteiger partial charge in [0.05, 0.1) is 4.90 Å². The first-order valence-corrected chi connectivity index (χ1v) is 10.9. The van der Waals surface area contributed by atoms with E-state index >= 15 is 0 Å². The summed E-state index contributed by atoms with van der Waals surface area (Å²) in [4.78, 5) is 11.7. The van der Waals surface area contributed by atoms with Crippen LogP contribution in [0.5, 0.6) is 5.75 Å². The third-order valence-electron chi connectivity index (χ3n) is 3.54. The van der Waals surface area contributed by atoms with Crippen LogP contribution in [0.2, 0.25) is 0 Å². The average molecular weight is 430 g/mol. The zero-order valence-electron chi connectivity index (χ0n) is 15.1. The lowest BCUT2D eigenvalue weighted by Gasteiger charge is -2.10. The highest BCUT2D eigenvalue weighted by Crippen LogP contribution is 2.28. The van der Waals surface area contributed by atoms with Gasteiger partial charge in [-0.25, -0.2) is 17.2 Å². The zero-order chi connectivity index (χ0) is 20.6. The van der Waals surface area contributed by atoms with Gasteiger partial charge in [-0.15, -0.1) is 11.8 Å². The van der Waals surface area contributed by atoms with Crippen molar-refractivity contribution in [2.45, 2.75) is 9.79 Å². The number of benzene rings is 2. The highest BCUT2D eigenvalue weighted by Gasteiger charge is 2.15. The van der Waals surface area contributed by atoms with Crippen LogP contribution in [-0.2, 0) is 14.6 Å². The quantitative estimate of drug-likeness (QED) is 0.444. The molecule has 2 rings (SSSR count). The number of amides is 1. The summed E-state index contributed by atoms with van der Waals surface area (Å²) in [7, 11) is -2.04. The van der Waals surface area contributed by atoms with Gasteiger partial charge in [0.1, 0.15) is 5.88 Å². The van der Waals surface area contributed by atoms with Gasteiger partial charge >= 0.3 is 0 Å². The van der Waals surface area contributed by atoms with Gasteiger partial charge < -0.3 is 15.4 Å². The Morgan fingerprint density at radius 1 is 1.14 bits per heavy atom. The molecule has 0 aliphatic rings. The van der Waals surface area contributed by atoms with E-state index in [0.717, 1.165) is 23.9 Å². The van der Waals surface area contributed by atoms with Crippen molar-refractivity contribution in [2.75, 3.05) is 31.8 Å². The maximum absolute atomic E-state index is 14.0. The number of hydrogen-bond donors (Lipinski definition) is 2. The van der Waals surface area contributed by atoms with E-state index < -0.39 is 39.7 Å². The number of ether oxygens (including phenoxy) is 1. The van der Waals surface area contributed by atoms with Crippen LogP contribution in [-0.4, -0.2) is 46.2 Å². The fourth-order valence-electron chi connectivity index (χ4n) is 2.13. The molecule has 0 heterocycles. The lowest BCUT2D eigenvalue weighted by Crippen LogP contribution is -2.25. The molecule has 6 nitrogen and oxygen atoms in total. The molecule has 2 aromatic carbocycles. The highest BCUT2D eigenvalue weighted by molar-refractivity contribution is 7.99. The fraction of sp³-hybridized carbons (Fsp3) is 0.278. The number of rotatable bonds is 10. The Balaban J connectivity index is 1.82. The van der Waals surface area contributed by atoms with Gasteiger partial charge in [0.25, 0.3) is 5.91 Å². The van der Waals surface area contributed by atoms with Crippen LogP contribution in [0.25, 0.3) is 0 Å². The molecule has 0 aromatic heterocycles. The normalized spacial score (nSPS) is 11.2. The average Bonchev–Trinajstić information content (AvgIpc) is 2.67. The Hall–Kier alpha value is -2.17. The van der Waals surface area contributed by atoms with Crippen LogP contribution in [0.3, 0.4) is 0 Å². The van der Waals surface area contributed by atoms with Crippen molar-refractivity contribution in [1.82, 2.24) is 10.6 Å². The predicted molar refractivity (Wildman–Crippen MR) is 103 cm³/mol. The molecule has 1 amide bonds. The molecule has 0 atom stereocenters. The van der Waals surface area contributed by atoms with Gasteiger partial charge in [-0.1, -0.05) is 18.2 Å². The van der Waals surface area contributed by atoms with Crippen LogP contribution >= 0.6 is 11.8 Å². The molecule has 0 saturated carbocycles. The smallest absolute Gasteiger partial charge is 0.257 e. The number of halogens is 2. The second kappa shape index (κ2) is 10.4. The summed E-state index contributed by atoms with van der Waals surface area (Å²) in [6, 6.07) is 10.3. The molecule has 0 unspecified atom stereocenters. The molecule has 10 heteroatoms. The van der Waals surface area contributed by atoms with E-state index in [-0.39, 0.29) is 10.8 Å². The van der Waals surface area contributed by atoms with Gasteiger partial charge in [-0.3, -0.25) is 4.79 Å². The zero-order valence-corrected chi connectivity index (χ0v) is 16.7. The standard InChI is InChI=1S/C18H20F2N2O4S2/c1-21-17(23)11-26-18-15(19)9-13(10-16(18)20)27-8-7-22-12-28(24,25)14-5-3-2-4-6-14/h2-6,9-10,22H,7-8,11-12H2,1H3,(H,21,23). The second-order valence-electron chi connectivity index (χ2n) is 5.60. The molecule has 0 aliphatic heterocycles. The van der Waals surface area contributed by atoms with E-state index in [9.17, 15) is 22.0 Å². The SMILES string of the molecule is CNC(=O)COc1c(F)cc(SCCNCS(=O)(=O)c2ccccc2)cc1F. The topological polar surface area (TPSA) is 84.5 Å². The van der Waals surface area contributed by atoms with Gasteiger partial charge in [-0.2, -0.15) is 0 Å². The summed E-state index contributed by atoms with van der Waals surface area (Å²) < 4.78 is 57.0. The van der Waals surface area contributed by atoms with Crippen molar-refractivity contribution >= 4 is 27.5 Å². The Kier molecular flexibility index (Phi) is 8.21. The number of nitrogens with one attached hydrogen (secondary N) is 2. The molecule has 28 heavy (non-hydrogen) atoms. The Labute approximate surface area is 166 Å². The van der Waals surface area contributed by atoms with Crippen molar-refractivity contribution in [3.8, 4) is 5.75 Å². The number of carbonyl (C=O) groups excluding carboxylic acids is 1. The van der Waals surface area contributed by atoms with Gasteiger partial charge in [-0.05, 0) is 24.3 Å². The summed E-state index contributed by atoms with van der Waals surface area (Å²) in [5.74, 6) is -2.76. The summed E-state index contributed by atoms with van der Waals surface area (Å²) in [5, 5.41) is 5.09. The van der Waals surface area contributed by atoms with Crippen LogP contribution in [0.4, 0.5) is 8.78 Å². The van der Waals surface area contributed by atoms with Crippen LogP contribution < -0.4 is 15.4 Å². The molecule has 0 saturated heterocycles. The Morgan fingerprint density at radius 2 is 1.79 bits per heavy atom. The first kappa shape index (κ1) is 22.1. The molecule has 0 spiro atoms. The molecule has 0 radical (unpaired) electrons. The minimum atomic E-state index is -3.43. The van der Waals surface area contributed by atoms with E-state index in [1.54, 1.807) is 18.2 Å². The number of thioether (sulfide) groups is 1. The molecular formula is C18H20F2N2O4S2. The second-order valence-corrected chi connectivity index (χ2v) is 8.76. The number of carbonyl (C=O) groups is 1. The van der Waals surface area contributed by atoms with Crippen molar-refractivity contribution in [1.29, 1.82) is 0 Å². The summed E-state index contributed by atoms with van der Waals surface area (Å²) in [5.41, 5.74) is 0. The molecule has 2 aromatic rings. The van der Waals surface area contributed by atoms with E-state index in [1.165, 1.54) is 19.2 Å². The largest absolute Gasteiger partial charge is 0.478 e. The highest BCUT2D eigenvalue weighted by atomic mass is 32.2. The Morgan fingerprint density at radius 3 is 2.39 bits per heavy atom. The molecule has 0 bridgehead atoms. The molecule has 0 aliphatic carbocycles. The summed E-state index contributed by atoms with van der Waals surface area (Å²) >= 11 is 1.16. The van der Waals surface area contributed by atoms with E-state index in [2.05, 4.69) is 10.6 Å². The minimum Gasteiger partial charge on any atom is -0.478 e. The van der Waals surface area contributed by atoms with Crippen molar-refractivity contribution in [2.24, 2.45) is 0 Å². The molecule has 152 valence electrons. The van der Waals surface area contributed by atoms with Crippen molar-refractivity contribution in [3.63, 3.8) is 0 Å². The number of likely N-dealkylation sites (N-methyl/N-ethyl adjacent to an activating group) is 1. The predicted octanol–water partition coefficient (Wildman–Crippen LogP) is 2.20. The minimum absolute atomic E-state index is 0.228. The summed E-state index contributed by atoms with van der Waals surface area (Å²) in [6.07, 6.45) is 0. The van der Waals surface area contributed by atoms with Gasteiger partial charge in [0.2, 0.25) is 0 Å². The number of sulfone groups is 1. The molecule has 0 fully saturated rings. The lowest BCUT2D eigenvalue weighted by molar-refractivity contribution is -0.122. The molecule has 2 N–H and O–H groups in total. The van der Waals surface area contributed by atoms with Crippen molar-refractivity contribution < 1.29 is 26.7 Å². The van der Waals surface area contributed by atoms with E-state index in [0.29, 0.717) is 17.2 Å². The number of hydrogen-bond acceptors (Lipinski definition) is 6. The van der Waals surface area contributed by atoms with Crippen LogP contribution in [0.15, 0.2) is 52.3 Å². The maximum atomic E-state index is 14.0. The van der Waals surface area contributed by atoms with E-state index in [4.69, 9.17) is 4.74 Å². The Bertz CT molecular complexity index is 886. The first-order valence-electron chi connectivity index (χ1n) is 8.27. The third-order valence-corrected chi connectivity index (χ3v) is 6.09. The lowest BCUT2D eigenvalue weighted by atomic mass is 10.3. The maximum Gasteiger partial charge on any atom is 0.257 e. The fourth-order valence-corrected chi connectivity index (χ4v) is 4.13. The van der Waals surface area contributed by atoms with Crippen LogP contribution in [0.1, 0.15) is 0 Å². The van der Waals surface area contributed by atoms with Gasteiger partial charge in [0, 0.05) is 24.2 Å². The van der Waals surface area contributed by atoms with Crippen LogP contribution in [0, 0.1) is 11.6 Å². The van der Waals surface area contributed by atoms with Gasteiger partial charge in [0.15, 0.2) is 33.8 Å². The monoisotopic (exact) mass is 430 g/mol. The van der Waals surface area contributed by atoms with E-state index in [1.807, 2.05) is 0 Å². The first-order chi connectivity index (χ1) is 13.3.